The van der Waals surface area contributed by atoms with Crippen LogP contribution in [0.3, 0.4) is 0 Å². The van der Waals surface area contributed by atoms with Crippen LogP contribution in [0.5, 0.6) is 17.6 Å². The molecule has 0 spiro atoms. The Bertz CT molecular complexity index is 2130. The fourth-order valence-electron chi connectivity index (χ4n) is 8.08. The van der Waals surface area contributed by atoms with Crippen LogP contribution in [0.2, 0.25) is 5.02 Å². The van der Waals surface area contributed by atoms with E-state index in [0.717, 1.165) is 40.3 Å². The predicted molar refractivity (Wildman–Crippen MR) is 203 cm³/mol. The Hall–Kier alpha value is -4.92. The fourth-order valence-corrected chi connectivity index (χ4v) is 8.40. The molecule has 1 amide bonds. The van der Waals surface area contributed by atoms with Crippen molar-refractivity contribution in [1.29, 1.82) is 0 Å². The second-order valence-electron chi connectivity index (χ2n) is 14.4. The van der Waals surface area contributed by atoms with Crippen LogP contribution in [0, 0.1) is 0 Å². The van der Waals surface area contributed by atoms with Crippen molar-refractivity contribution in [2.75, 3.05) is 20.8 Å². The summed E-state index contributed by atoms with van der Waals surface area (Å²) in [6, 6.07) is 15.2. The lowest BCUT2D eigenvalue weighted by atomic mass is 9.94. The number of likely N-dealkylation sites (tertiary alicyclic amines) is 1. The van der Waals surface area contributed by atoms with Crippen molar-refractivity contribution in [3.05, 3.63) is 87.4 Å². The normalized spacial score (nSPS) is 20.9. The number of aromatic nitrogens is 2. The highest BCUT2D eigenvalue weighted by Crippen LogP contribution is 2.46. The summed E-state index contributed by atoms with van der Waals surface area (Å²) in [6.07, 6.45) is -2.26. The molecule has 4 aromatic rings. The minimum absolute atomic E-state index is 0.0552. The standard InChI is InChI=1S/C41H43ClF3N5O6/c1-22-10-15-33(40(52)53)50(22)21-24-18-31(41(43,44)45)39(49-38(24)55-3)56-34-16-13-27-26(6-4-7-28(27)34)29-8-5-9-30(36(29)42)32-14-11-23(37(48-32)54-2)19-46-20-25-12-17-35(51)47-25/h4-9,11,14,18,22,25,33-34,46H,10,12-13,15-17,19-21H2,1-3H3,(H,47,51)(H,52,53)/t22-,25-,33-,34-/m0/s1. The maximum Gasteiger partial charge on any atom is 0.421 e. The SMILES string of the molecule is COc1nc(-c2cccc(-c3cccc4c3CC[C@@H]4Oc3nc(OC)c(CN4[C@@H](C)CC[C@H]4C(=O)O)cc3C(F)(F)F)c2Cl)ccc1CNC[C@@H]1CCC(=O)N1. The first-order valence-electron chi connectivity index (χ1n) is 18.6. The van der Waals surface area contributed by atoms with Gasteiger partial charge in [0, 0.05) is 60.4 Å². The number of benzene rings is 2. The maximum atomic E-state index is 14.6. The number of carboxylic acid groups (broad SMARTS) is 1. The van der Waals surface area contributed by atoms with E-state index in [1.54, 1.807) is 12.0 Å². The topological polar surface area (TPSA) is 135 Å². The summed E-state index contributed by atoms with van der Waals surface area (Å²) < 4.78 is 61.1. The van der Waals surface area contributed by atoms with Crippen molar-refractivity contribution in [1.82, 2.24) is 25.5 Å². The molecule has 2 saturated heterocycles. The number of hydrogen-bond acceptors (Lipinski definition) is 9. The monoisotopic (exact) mass is 793 g/mol. The minimum Gasteiger partial charge on any atom is -0.481 e. The lowest BCUT2D eigenvalue weighted by Gasteiger charge is -2.27. The van der Waals surface area contributed by atoms with Crippen LogP contribution in [0.1, 0.15) is 72.9 Å². The summed E-state index contributed by atoms with van der Waals surface area (Å²) in [5, 5.41) is 16.5. The summed E-state index contributed by atoms with van der Waals surface area (Å²) in [4.78, 5) is 34.1. The Kier molecular flexibility index (Phi) is 11.4. The molecule has 2 aromatic carbocycles. The highest BCUT2D eigenvalue weighted by Gasteiger charge is 2.41. The van der Waals surface area contributed by atoms with E-state index in [1.807, 2.05) is 55.5 Å². The van der Waals surface area contributed by atoms with Crippen molar-refractivity contribution < 1.29 is 42.1 Å². The quantitative estimate of drug-likeness (QED) is 0.126. The fraction of sp³-hybridized carbons (Fsp3) is 0.415. The highest BCUT2D eigenvalue weighted by atomic mass is 35.5. The van der Waals surface area contributed by atoms with Crippen LogP contribution in [-0.2, 0) is 35.3 Å². The van der Waals surface area contributed by atoms with Crippen LogP contribution in [0.15, 0.2) is 54.6 Å². The molecule has 0 bridgehead atoms. The van der Waals surface area contributed by atoms with Crippen molar-refractivity contribution in [2.24, 2.45) is 0 Å². The number of rotatable bonds is 13. The number of pyridine rings is 2. The van der Waals surface area contributed by atoms with Gasteiger partial charge in [-0.1, -0.05) is 54.1 Å². The van der Waals surface area contributed by atoms with Crippen molar-refractivity contribution in [2.45, 2.75) is 88.9 Å². The van der Waals surface area contributed by atoms with Crippen molar-refractivity contribution in [3.8, 4) is 40.0 Å². The van der Waals surface area contributed by atoms with E-state index < -0.39 is 35.7 Å². The average molecular weight is 794 g/mol. The first-order chi connectivity index (χ1) is 26.9. The Morgan fingerprint density at radius 3 is 2.39 bits per heavy atom. The third-order valence-corrected chi connectivity index (χ3v) is 11.4. The smallest absolute Gasteiger partial charge is 0.421 e. The molecular weight excluding hydrogens is 751 g/mol. The van der Waals surface area contributed by atoms with Gasteiger partial charge in [0.25, 0.3) is 0 Å². The van der Waals surface area contributed by atoms with Crippen molar-refractivity contribution >= 4 is 23.5 Å². The zero-order valence-corrected chi connectivity index (χ0v) is 32.0. The molecule has 56 heavy (non-hydrogen) atoms. The number of carbonyl (C=O) groups excluding carboxylic acids is 1. The number of halogens is 4. The van der Waals surface area contributed by atoms with Gasteiger partial charge in [-0.3, -0.25) is 14.5 Å². The lowest BCUT2D eigenvalue weighted by Crippen LogP contribution is -2.39. The van der Waals surface area contributed by atoms with Crippen LogP contribution in [-0.4, -0.2) is 70.7 Å². The highest BCUT2D eigenvalue weighted by molar-refractivity contribution is 6.36. The first-order valence-corrected chi connectivity index (χ1v) is 19.0. The number of amides is 1. The first kappa shape index (κ1) is 39.3. The van der Waals surface area contributed by atoms with Gasteiger partial charge in [-0.2, -0.15) is 18.2 Å². The molecule has 4 atom stereocenters. The third kappa shape index (κ3) is 8.00. The van der Waals surface area contributed by atoms with E-state index in [9.17, 15) is 27.9 Å². The van der Waals surface area contributed by atoms with E-state index in [0.29, 0.717) is 67.4 Å². The predicted octanol–water partition coefficient (Wildman–Crippen LogP) is 7.37. The molecule has 4 heterocycles. The van der Waals surface area contributed by atoms with E-state index in [4.69, 9.17) is 30.8 Å². The van der Waals surface area contributed by atoms with Crippen LogP contribution < -0.4 is 24.8 Å². The molecule has 0 unspecified atom stereocenters. The second-order valence-corrected chi connectivity index (χ2v) is 14.8. The molecule has 2 aliphatic heterocycles. The Morgan fingerprint density at radius 2 is 1.68 bits per heavy atom. The molecule has 0 radical (unpaired) electrons. The summed E-state index contributed by atoms with van der Waals surface area (Å²) in [5.41, 5.74) is 4.42. The number of fused-ring (bicyclic) bond motifs is 1. The van der Waals surface area contributed by atoms with E-state index >= 15 is 0 Å². The Labute approximate surface area is 327 Å². The van der Waals surface area contributed by atoms with Gasteiger partial charge < -0.3 is 30.0 Å². The van der Waals surface area contributed by atoms with Crippen LogP contribution >= 0.6 is 11.6 Å². The molecule has 3 aliphatic rings. The number of carbonyl (C=O) groups is 2. The second kappa shape index (κ2) is 16.3. The molecular formula is C41H43ClF3N5O6. The largest absolute Gasteiger partial charge is 0.481 e. The number of hydrogen-bond donors (Lipinski definition) is 3. The molecule has 2 aromatic heterocycles. The number of nitrogens with zero attached hydrogens (tertiary/aromatic N) is 3. The van der Waals surface area contributed by atoms with Gasteiger partial charge in [-0.05, 0) is 67.9 Å². The molecule has 0 saturated carbocycles. The Morgan fingerprint density at radius 1 is 0.946 bits per heavy atom. The van der Waals surface area contributed by atoms with Gasteiger partial charge in [0.1, 0.15) is 17.7 Å². The summed E-state index contributed by atoms with van der Waals surface area (Å²) >= 11 is 7.12. The van der Waals surface area contributed by atoms with Gasteiger partial charge in [-0.15, -0.1) is 0 Å². The third-order valence-electron chi connectivity index (χ3n) is 10.9. The van der Waals surface area contributed by atoms with Crippen LogP contribution in [0.25, 0.3) is 22.4 Å². The maximum absolute atomic E-state index is 14.6. The summed E-state index contributed by atoms with van der Waals surface area (Å²) in [5.74, 6) is -1.17. The molecule has 11 nitrogen and oxygen atoms in total. The molecule has 2 fully saturated rings. The number of carboxylic acids is 1. The summed E-state index contributed by atoms with van der Waals surface area (Å²) in [6.45, 7) is 2.91. The molecule has 7 rings (SSSR count). The average Bonchev–Trinajstić information content (AvgIpc) is 3.89. The van der Waals surface area contributed by atoms with Gasteiger partial charge in [-0.25, -0.2) is 4.98 Å². The Balaban J connectivity index is 1.14. The zero-order valence-electron chi connectivity index (χ0n) is 31.2. The van der Waals surface area contributed by atoms with Gasteiger partial charge >= 0.3 is 12.1 Å². The number of ether oxygens (including phenoxy) is 3. The minimum atomic E-state index is -4.80. The summed E-state index contributed by atoms with van der Waals surface area (Å²) in [7, 11) is 2.87. The number of methoxy groups -OCH3 is 2. The molecule has 296 valence electrons. The van der Waals surface area contributed by atoms with E-state index in [2.05, 4.69) is 15.6 Å². The van der Waals surface area contributed by atoms with Gasteiger partial charge in [0.15, 0.2) is 0 Å². The molecule has 3 N–H and O–H groups in total. The van der Waals surface area contributed by atoms with Gasteiger partial charge in [0.2, 0.25) is 23.5 Å². The number of aliphatic carboxylic acids is 1. The molecule has 1 aliphatic carbocycles. The van der Waals surface area contributed by atoms with Crippen molar-refractivity contribution in [3.63, 3.8) is 0 Å². The van der Waals surface area contributed by atoms with E-state index in [-0.39, 0.29) is 36.0 Å². The lowest BCUT2D eigenvalue weighted by molar-refractivity contribution is -0.143. The van der Waals surface area contributed by atoms with E-state index in [1.165, 1.54) is 7.11 Å². The van der Waals surface area contributed by atoms with Gasteiger partial charge in [0.05, 0.1) is 24.9 Å². The zero-order chi connectivity index (χ0) is 39.7. The number of alkyl halides is 3. The number of nitrogens with one attached hydrogen (secondary N) is 2. The van der Waals surface area contributed by atoms with Crippen LogP contribution in [0.4, 0.5) is 13.2 Å². The molecule has 15 heteroatoms.